The lowest BCUT2D eigenvalue weighted by molar-refractivity contribution is 0.204. The molecule has 1 atom stereocenters. The van der Waals surface area contributed by atoms with Gasteiger partial charge in [0.05, 0.1) is 5.75 Å². The monoisotopic (exact) mass is 349 g/mol. The van der Waals surface area contributed by atoms with E-state index in [1.165, 1.54) is 0 Å². The maximum atomic E-state index is 12.9. The molecule has 1 aromatic heterocycles. The zero-order chi connectivity index (χ0) is 17.0. The Hall–Kier alpha value is -1.73. The summed E-state index contributed by atoms with van der Waals surface area (Å²) in [7, 11) is -3.43. The van der Waals surface area contributed by atoms with Crippen LogP contribution in [0.25, 0.3) is 0 Å². The zero-order valence-corrected chi connectivity index (χ0v) is 14.7. The number of nitrogens with zero attached hydrogens (tertiary/aromatic N) is 3. The summed E-state index contributed by atoms with van der Waals surface area (Å²) in [5, 5.41) is 3.97. The highest BCUT2D eigenvalue weighted by Crippen LogP contribution is 2.33. The Bertz CT molecular complexity index is 758. The van der Waals surface area contributed by atoms with Crippen molar-refractivity contribution in [3.8, 4) is 0 Å². The van der Waals surface area contributed by atoms with Crippen LogP contribution in [0, 0.1) is 0 Å². The van der Waals surface area contributed by atoms with Gasteiger partial charge in [-0.1, -0.05) is 48.8 Å². The first-order valence-corrected chi connectivity index (χ1v) is 10.1. The van der Waals surface area contributed by atoms with E-state index in [9.17, 15) is 8.42 Å². The largest absolute Gasteiger partial charge is 0.338 e. The van der Waals surface area contributed by atoms with Crippen LogP contribution in [0.4, 0.5) is 0 Å². The van der Waals surface area contributed by atoms with Crippen molar-refractivity contribution >= 4 is 10.0 Å². The van der Waals surface area contributed by atoms with E-state index in [1.807, 2.05) is 37.3 Å². The number of rotatable bonds is 6. The molecular formula is C17H23N3O3S. The maximum absolute atomic E-state index is 12.9. The molecule has 6 nitrogen and oxygen atoms in total. The number of hydrogen-bond donors (Lipinski definition) is 0. The number of hydrogen-bond acceptors (Lipinski definition) is 5. The Balaban J connectivity index is 1.83. The molecule has 0 aliphatic carbocycles. The van der Waals surface area contributed by atoms with Crippen LogP contribution in [0.3, 0.4) is 0 Å². The molecule has 3 rings (SSSR count). The zero-order valence-electron chi connectivity index (χ0n) is 13.9. The average Bonchev–Trinajstić information content (AvgIpc) is 3.04. The quantitative estimate of drug-likeness (QED) is 0.801. The van der Waals surface area contributed by atoms with Gasteiger partial charge in [0.25, 0.3) is 0 Å². The van der Waals surface area contributed by atoms with Crippen LogP contribution in [0.5, 0.6) is 0 Å². The molecule has 24 heavy (non-hydrogen) atoms. The Kier molecular flexibility index (Phi) is 5.30. The van der Waals surface area contributed by atoms with Crippen LogP contribution in [0.15, 0.2) is 34.9 Å². The fourth-order valence-corrected chi connectivity index (χ4v) is 4.85. The Morgan fingerprint density at radius 2 is 2.04 bits per heavy atom. The molecule has 0 unspecified atom stereocenters. The van der Waals surface area contributed by atoms with Gasteiger partial charge in [0.15, 0.2) is 5.82 Å². The number of aryl methyl sites for hydroxylation is 1. The SMILES string of the molecule is CCCc1noc([C@@H]2CCCCN2S(=O)(=O)Cc2ccccc2)n1. The van der Waals surface area contributed by atoms with Gasteiger partial charge in [-0.25, -0.2) is 8.42 Å². The number of sulfonamides is 1. The van der Waals surface area contributed by atoms with E-state index in [0.29, 0.717) is 18.3 Å². The highest BCUT2D eigenvalue weighted by Gasteiger charge is 2.36. The predicted octanol–water partition coefficient (Wildman–Crippen LogP) is 3.08. The molecule has 2 heterocycles. The molecule has 1 aliphatic rings. The molecule has 1 fully saturated rings. The Morgan fingerprint density at radius 3 is 2.79 bits per heavy atom. The van der Waals surface area contributed by atoms with Crippen LogP contribution < -0.4 is 0 Å². The van der Waals surface area contributed by atoms with Gasteiger partial charge in [-0.3, -0.25) is 0 Å². The number of aromatic nitrogens is 2. The van der Waals surface area contributed by atoms with Crippen molar-refractivity contribution < 1.29 is 12.9 Å². The fourth-order valence-electron chi connectivity index (χ4n) is 3.08. The van der Waals surface area contributed by atoms with Gasteiger partial charge in [0.2, 0.25) is 15.9 Å². The first-order chi connectivity index (χ1) is 11.6. The molecule has 0 amide bonds. The standard InChI is InChI=1S/C17H23N3O3S/c1-2-8-16-18-17(23-19-16)15-11-6-7-12-20(15)24(21,22)13-14-9-4-3-5-10-14/h3-5,9-10,15H,2,6-8,11-13H2,1H3/t15-/m0/s1. The van der Waals surface area contributed by atoms with Crippen LogP contribution in [0.2, 0.25) is 0 Å². The molecule has 0 spiro atoms. The van der Waals surface area contributed by atoms with E-state index in [2.05, 4.69) is 10.1 Å². The summed E-state index contributed by atoms with van der Waals surface area (Å²) < 4.78 is 32.7. The minimum Gasteiger partial charge on any atom is -0.338 e. The highest BCUT2D eigenvalue weighted by atomic mass is 32.2. The smallest absolute Gasteiger partial charge is 0.245 e. The summed E-state index contributed by atoms with van der Waals surface area (Å²) >= 11 is 0. The molecular weight excluding hydrogens is 326 g/mol. The van der Waals surface area contributed by atoms with Crippen LogP contribution in [-0.2, 0) is 22.2 Å². The molecule has 0 radical (unpaired) electrons. The van der Waals surface area contributed by atoms with Gasteiger partial charge in [0, 0.05) is 13.0 Å². The minimum atomic E-state index is -3.43. The van der Waals surface area contributed by atoms with Crippen molar-refractivity contribution in [3.63, 3.8) is 0 Å². The first kappa shape index (κ1) is 17.1. The minimum absolute atomic E-state index is 0.000292. The summed E-state index contributed by atoms with van der Waals surface area (Å²) in [5.74, 6) is 1.08. The van der Waals surface area contributed by atoms with E-state index in [0.717, 1.165) is 37.7 Å². The van der Waals surface area contributed by atoms with Crippen molar-refractivity contribution in [2.24, 2.45) is 0 Å². The normalized spacial score (nSPS) is 19.5. The highest BCUT2D eigenvalue weighted by molar-refractivity contribution is 7.88. The molecule has 1 aliphatic heterocycles. The van der Waals surface area contributed by atoms with E-state index in [-0.39, 0.29) is 11.8 Å². The molecule has 7 heteroatoms. The second-order valence-electron chi connectivity index (χ2n) is 6.16. The third-order valence-corrected chi connectivity index (χ3v) is 6.10. The van der Waals surface area contributed by atoms with Gasteiger partial charge >= 0.3 is 0 Å². The van der Waals surface area contributed by atoms with E-state index >= 15 is 0 Å². The number of benzene rings is 1. The molecule has 0 bridgehead atoms. The average molecular weight is 349 g/mol. The van der Waals surface area contributed by atoms with Gasteiger partial charge < -0.3 is 4.52 Å². The van der Waals surface area contributed by atoms with Crippen LogP contribution in [-0.4, -0.2) is 29.4 Å². The van der Waals surface area contributed by atoms with E-state index in [1.54, 1.807) is 4.31 Å². The van der Waals surface area contributed by atoms with E-state index in [4.69, 9.17) is 4.52 Å². The van der Waals surface area contributed by atoms with Gasteiger partial charge in [-0.15, -0.1) is 0 Å². The molecule has 1 saturated heterocycles. The molecule has 0 N–H and O–H groups in total. The third-order valence-electron chi connectivity index (χ3n) is 4.25. The third kappa shape index (κ3) is 3.84. The maximum Gasteiger partial charge on any atom is 0.245 e. The van der Waals surface area contributed by atoms with Crippen LogP contribution in [0.1, 0.15) is 55.9 Å². The first-order valence-electron chi connectivity index (χ1n) is 8.46. The van der Waals surface area contributed by atoms with E-state index < -0.39 is 10.0 Å². The number of piperidine rings is 1. The van der Waals surface area contributed by atoms with Gasteiger partial charge in [-0.05, 0) is 24.8 Å². The summed E-state index contributed by atoms with van der Waals surface area (Å²) in [6.07, 6.45) is 4.22. The van der Waals surface area contributed by atoms with Crippen molar-refractivity contribution in [1.82, 2.24) is 14.4 Å². The fraction of sp³-hybridized carbons (Fsp3) is 0.529. The summed E-state index contributed by atoms with van der Waals surface area (Å²) in [6, 6.07) is 8.92. The van der Waals surface area contributed by atoms with Crippen LogP contribution >= 0.6 is 0 Å². The van der Waals surface area contributed by atoms with Gasteiger partial charge in [-0.2, -0.15) is 9.29 Å². The molecule has 1 aromatic carbocycles. The van der Waals surface area contributed by atoms with Crippen molar-refractivity contribution in [2.75, 3.05) is 6.54 Å². The van der Waals surface area contributed by atoms with Crippen molar-refractivity contribution in [1.29, 1.82) is 0 Å². The summed E-state index contributed by atoms with van der Waals surface area (Å²) in [4.78, 5) is 4.41. The molecule has 2 aromatic rings. The lowest BCUT2D eigenvalue weighted by Crippen LogP contribution is -2.39. The summed E-state index contributed by atoms with van der Waals surface area (Å²) in [5.41, 5.74) is 0.791. The summed E-state index contributed by atoms with van der Waals surface area (Å²) in [6.45, 7) is 2.55. The van der Waals surface area contributed by atoms with Gasteiger partial charge in [0.1, 0.15) is 6.04 Å². The molecule has 0 saturated carbocycles. The Morgan fingerprint density at radius 1 is 1.25 bits per heavy atom. The topological polar surface area (TPSA) is 76.3 Å². The Labute approximate surface area is 142 Å². The van der Waals surface area contributed by atoms with Crippen molar-refractivity contribution in [2.45, 2.75) is 50.8 Å². The predicted molar refractivity (Wildman–Crippen MR) is 90.7 cm³/mol. The lowest BCUT2D eigenvalue weighted by Gasteiger charge is -2.32. The second-order valence-corrected chi connectivity index (χ2v) is 8.08. The lowest BCUT2D eigenvalue weighted by atomic mass is 10.1. The van der Waals surface area contributed by atoms with Crippen molar-refractivity contribution in [3.05, 3.63) is 47.6 Å². The molecule has 130 valence electrons. The second kappa shape index (κ2) is 7.44.